The van der Waals surface area contributed by atoms with E-state index in [1.54, 1.807) is 55.6 Å². The highest BCUT2D eigenvalue weighted by Gasteiger charge is 2.33. The van der Waals surface area contributed by atoms with Crippen molar-refractivity contribution in [1.82, 2.24) is 4.31 Å². The predicted octanol–water partition coefficient (Wildman–Crippen LogP) is 3.04. The van der Waals surface area contributed by atoms with Crippen LogP contribution in [0.2, 0.25) is 0 Å². The molecule has 0 aliphatic carbocycles. The Kier molecular flexibility index (Phi) is 5.82. The Balaban J connectivity index is 1.71. The molecule has 1 amide bonds. The summed E-state index contributed by atoms with van der Waals surface area (Å²) in [6, 6.07) is 13.9. The number of nitrogens with zero attached hydrogens (tertiary/aromatic N) is 1. The van der Waals surface area contributed by atoms with Crippen LogP contribution in [0.5, 0.6) is 5.75 Å². The van der Waals surface area contributed by atoms with Crippen LogP contribution in [0.25, 0.3) is 0 Å². The number of hydrogen-bond acceptors (Lipinski definition) is 4. The first-order chi connectivity index (χ1) is 12.9. The monoisotopic (exact) mass is 388 g/mol. The molecule has 3 rings (SSSR count). The number of anilines is 1. The fourth-order valence-corrected chi connectivity index (χ4v) is 4.70. The largest absolute Gasteiger partial charge is 0.497 e. The van der Waals surface area contributed by atoms with Crippen LogP contribution in [0, 0.1) is 12.8 Å². The van der Waals surface area contributed by atoms with Gasteiger partial charge in [0, 0.05) is 24.8 Å². The molecular formula is C20H24N2O4S. The molecule has 27 heavy (non-hydrogen) atoms. The lowest BCUT2D eigenvalue weighted by molar-refractivity contribution is -0.120. The molecule has 1 unspecified atom stereocenters. The van der Waals surface area contributed by atoms with E-state index in [1.165, 1.54) is 4.31 Å². The lowest BCUT2D eigenvalue weighted by Gasteiger charge is -2.31. The van der Waals surface area contributed by atoms with E-state index in [0.717, 1.165) is 5.56 Å². The summed E-state index contributed by atoms with van der Waals surface area (Å²) in [5.74, 6) is 0.0947. The summed E-state index contributed by atoms with van der Waals surface area (Å²) in [6.45, 7) is 2.53. The van der Waals surface area contributed by atoms with Gasteiger partial charge in [0.1, 0.15) is 5.75 Å². The molecule has 1 saturated heterocycles. The minimum absolute atomic E-state index is 0.174. The summed E-state index contributed by atoms with van der Waals surface area (Å²) in [4.78, 5) is 12.9. The molecule has 1 aliphatic rings. The fourth-order valence-electron chi connectivity index (χ4n) is 3.18. The van der Waals surface area contributed by atoms with Crippen LogP contribution in [-0.4, -0.2) is 38.8 Å². The highest BCUT2D eigenvalue weighted by Crippen LogP contribution is 2.25. The number of ether oxygens (including phenoxy) is 1. The number of aryl methyl sites for hydroxylation is 1. The van der Waals surface area contributed by atoms with Gasteiger partial charge in [0.2, 0.25) is 15.9 Å². The highest BCUT2D eigenvalue weighted by atomic mass is 32.2. The molecule has 0 aromatic heterocycles. The van der Waals surface area contributed by atoms with Crippen molar-refractivity contribution in [1.29, 1.82) is 0 Å². The smallest absolute Gasteiger partial charge is 0.243 e. The number of rotatable bonds is 5. The van der Waals surface area contributed by atoms with Crippen molar-refractivity contribution in [2.24, 2.45) is 5.92 Å². The van der Waals surface area contributed by atoms with E-state index in [2.05, 4.69) is 5.32 Å². The number of carbonyl (C=O) groups excluding carboxylic acids is 1. The molecule has 1 atom stereocenters. The molecule has 0 radical (unpaired) electrons. The predicted molar refractivity (Wildman–Crippen MR) is 104 cm³/mol. The van der Waals surface area contributed by atoms with Gasteiger partial charge in [-0.25, -0.2) is 8.42 Å². The van der Waals surface area contributed by atoms with E-state index in [4.69, 9.17) is 4.74 Å². The van der Waals surface area contributed by atoms with Gasteiger partial charge in [-0.1, -0.05) is 23.8 Å². The van der Waals surface area contributed by atoms with Crippen molar-refractivity contribution in [2.75, 3.05) is 25.5 Å². The SMILES string of the molecule is COc1cccc(NC(=O)C2CCCN(S(=O)(=O)c3ccc(C)cc3)C2)c1. The Hall–Kier alpha value is -2.38. The number of amides is 1. The molecule has 1 fully saturated rings. The Morgan fingerprint density at radius 1 is 1.19 bits per heavy atom. The van der Waals surface area contributed by atoms with E-state index in [9.17, 15) is 13.2 Å². The Labute approximate surface area is 160 Å². The summed E-state index contributed by atoms with van der Waals surface area (Å²) in [7, 11) is -2.03. The molecule has 6 nitrogen and oxygen atoms in total. The van der Waals surface area contributed by atoms with Gasteiger partial charge in [0.05, 0.1) is 17.9 Å². The molecule has 144 valence electrons. The zero-order chi connectivity index (χ0) is 19.4. The van der Waals surface area contributed by atoms with Crippen molar-refractivity contribution in [3.63, 3.8) is 0 Å². The van der Waals surface area contributed by atoms with Crippen molar-refractivity contribution in [2.45, 2.75) is 24.7 Å². The van der Waals surface area contributed by atoms with Crippen molar-refractivity contribution in [3.05, 3.63) is 54.1 Å². The normalized spacial score (nSPS) is 18.1. The second-order valence-electron chi connectivity index (χ2n) is 6.74. The molecular weight excluding hydrogens is 364 g/mol. The highest BCUT2D eigenvalue weighted by molar-refractivity contribution is 7.89. The molecule has 1 aliphatic heterocycles. The van der Waals surface area contributed by atoms with Gasteiger partial charge < -0.3 is 10.1 Å². The van der Waals surface area contributed by atoms with Gasteiger partial charge in [-0.05, 0) is 44.0 Å². The average Bonchev–Trinajstić information content (AvgIpc) is 2.68. The molecule has 0 bridgehead atoms. The molecule has 1 heterocycles. The zero-order valence-corrected chi connectivity index (χ0v) is 16.3. The molecule has 0 spiro atoms. The third kappa shape index (κ3) is 4.48. The van der Waals surface area contributed by atoms with Gasteiger partial charge in [-0.15, -0.1) is 0 Å². The number of carbonyl (C=O) groups is 1. The molecule has 2 aromatic rings. The maximum absolute atomic E-state index is 12.9. The summed E-state index contributed by atoms with van der Waals surface area (Å²) >= 11 is 0. The summed E-state index contributed by atoms with van der Waals surface area (Å²) in [6.07, 6.45) is 1.32. The van der Waals surface area contributed by atoms with Crippen LogP contribution in [0.1, 0.15) is 18.4 Å². The van der Waals surface area contributed by atoms with E-state index in [-0.39, 0.29) is 23.3 Å². The van der Waals surface area contributed by atoms with E-state index >= 15 is 0 Å². The molecule has 7 heteroatoms. The quantitative estimate of drug-likeness (QED) is 0.854. The van der Waals surface area contributed by atoms with Gasteiger partial charge in [-0.2, -0.15) is 4.31 Å². The Morgan fingerprint density at radius 3 is 2.63 bits per heavy atom. The second-order valence-corrected chi connectivity index (χ2v) is 8.67. The minimum atomic E-state index is -3.60. The van der Waals surface area contributed by atoms with Gasteiger partial charge in [0.25, 0.3) is 0 Å². The van der Waals surface area contributed by atoms with Gasteiger partial charge in [-0.3, -0.25) is 4.79 Å². The number of sulfonamides is 1. The zero-order valence-electron chi connectivity index (χ0n) is 15.5. The maximum atomic E-state index is 12.9. The third-order valence-electron chi connectivity index (χ3n) is 4.75. The van der Waals surface area contributed by atoms with Crippen LogP contribution in [0.4, 0.5) is 5.69 Å². The molecule has 2 aromatic carbocycles. The van der Waals surface area contributed by atoms with Crippen LogP contribution in [0.15, 0.2) is 53.4 Å². The van der Waals surface area contributed by atoms with Crippen LogP contribution in [-0.2, 0) is 14.8 Å². The Morgan fingerprint density at radius 2 is 1.93 bits per heavy atom. The lowest BCUT2D eigenvalue weighted by atomic mass is 9.98. The van der Waals surface area contributed by atoms with E-state index in [0.29, 0.717) is 30.8 Å². The van der Waals surface area contributed by atoms with Gasteiger partial charge in [0.15, 0.2) is 0 Å². The first-order valence-electron chi connectivity index (χ1n) is 8.92. The van der Waals surface area contributed by atoms with Crippen LogP contribution >= 0.6 is 0 Å². The second kappa shape index (κ2) is 8.10. The fraction of sp³-hybridized carbons (Fsp3) is 0.350. The lowest BCUT2D eigenvalue weighted by Crippen LogP contribution is -2.43. The van der Waals surface area contributed by atoms with Crippen molar-refractivity contribution < 1.29 is 17.9 Å². The summed E-state index contributed by atoms with van der Waals surface area (Å²) in [5, 5.41) is 2.87. The third-order valence-corrected chi connectivity index (χ3v) is 6.63. The maximum Gasteiger partial charge on any atom is 0.243 e. The van der Waals surface area contributed by atoms with Crippen LogP contribution < -0.4 is 10.1 Å². The topological polar surface area (TPSA) is 75.7 Å². The molecule has 0 saturated carbocycles. The first kappa shape index (κ1) is 19.4. The van der Waals surface area contributed by atoms with Crippen molar-refractivity contribution >= 4 is 21.6 Å². The van der Waals surface area contributed by atoms with E-state index < -0.39 is 10.0 Å². The number of nitrogens with one attached hydrogen (secondary N) is 1. The number of hydrogen-bond donors (Lipinski definition) is 1. The van der Waals surface area contributed by atoms with Gasteiger partial charge >= 0.3 is 0 Å². The summed E-state index contributed by atoms with van der Waals surface area (Å²) < 4.78 is 32.3. The minimum Gasteiger partial charge on any atom is -0.497 e. The number of piperidine rings is 1. The standard InChI is InChI=1S/C20H24N2O4S/c1-15-8-10-19(11-9-15)27(24,25)22-12-4-5-16(14-22)20(23)21-17-6-3-7-18(13-17)26-2/h3,6-11,13,16H,4-5,12,14H2,1-2H3,(H,21,23). The van der Waals surface area contributed by atoms with Crippen molar-refractivity contribution in [3.8, 4) is 5.75 Å². The molecule has 1 N–H and O–H groups in total. The first-order valence-corrected chi connectivity index (χ1v) is 10.4. The van der Waals surface area contributed by atoms with Crippen LogP contribution in [0.3, 0.4) is 0 Å². The average molecular weight is 388 g/mol. The summed E-state index contributed by atoms with van der Waals surface area (Å²) in [5.41, 5.74) is 1.64. The Bertz CT molecular complexity index is 910. The van der Waals surface area contributed by atoms with E-state index in [1.807, 2.05) is 6.92 Å². The number of methoxy groups -OCH3 is 1. The number of benzene rings is 2.